The fourth-order valence-corrected chi connectivity index (χ4v) is 4.65. The Hall–Kier alpha value is -1.03. The summed E-state index contributed by atoms with van der Waals surface area (Å²) in [4.78, 5) is 2.12. The predicted molar refractivity (Wildman–Crippen MR) is 116 cm³/mol. The average Bonchev–Trinajstić information content (AvgIpc) is 2.59. The predicted octanol–water partition coefficient (Wildman–Crippen LogP) is 6.28. The Morgan fingerprint density at radius 3 is 2.26 bits per heavy atom. The number of halogens is 3. The molecule has 0 amide bonds. The van der Waals surface area contributed by atoms with Crippen molar-refractivity contribution < 1.29 is 5.11 Å². The van der Waals surface area contributed by atoms with Crippen molar-refractivity contribution in [2.24, 2.45) is 5.92 Å². The number of hydrogen-bond acceptors (Lipinski definition) is 2. The molecule has 0 radical (unpaired) electrons. The molecule has 2 aromatic carbocycles. The fourth-order valence-electron chi connectivity index (χ4n) is 4.00. The number of rotatable bonds is 4. The lowest BCUT2D eigenvalue weighted by Gasteiger charge is -2.44. The summed E-state index contributed by atoms with van der Waals surface area (Å²) in [5.41, 5.74) is 1.65. The first-order valence-corrected chi connectivity index (χ1v) is 10.2. The van der Waals surface area contributed by atoms with Gasteiger partial charge in [0.1, 0.15) is 5.60 Å². The Labute approximate surface area is 176 Å². The van der Waals surface area contributed by atoms with Gasteiger partial charge in [0.05, 0.1) is 0 Å². The molecule has 27 heavy (non-hydrogen) atoms. The summed E-state index contributed by atoms with van der Waals surface area (Å²) in [7, 11) is 4.06. The summed E-state index contributed by atoms with van der Waals surface area (Å²) in [6, 6.07) is 13.0. The maximum absolute atomic E-state index is 12.0. The van der Waals surface area contributed by atoms with Crippen LogP contribution in [0.5, 0.6) is 0 Å². The van der Waals surface area contributed by atoms with E-state index in [2.05, 4.69) is 11.0 Å². The third-order valence-electron chi connectivity index (χ3n) is 5.18. The van der Waals surface area contributed by atoms with E-state index in [0.29, 0.717) is 15.1 Å². The quantitative estimate of drug-likeness (QED) is 0.624. The van der Waals surface area contributed by atoms with Gasteiger partial charge in [-0.1, -0.05) is 53.0 Å². The zero-order valence-corrected chi connectivity index (χ0v) is 17.8. The summed E-state index contributed by atoms with van der Waals surface area (Å²) in [5.74, 6) is 0.0503. The molecule has 1 aliphatic rings. The van der Waals surface area contributed by atoms with Crippen LogP contribution in [-0.4, -0.2) is 30.6 Å². The monoisotopic (exact) mass is 423 g/mol. The van der Waals surface area contributed by atoms with Crippen LogP contribution in [-0.2, 0) is 5.60 Å². The minimum Gasteiger partial charge on any atom is -0.380 e. The van der Waals surface area contributed by atoms with E-state index in [1.807, 2.05) is 50.5 Å². The van der Waals surface area contributed by atoms with E-state index in [1.165, 1.54) is 0 Å². The first kappa shape index (κ1) is 20.7. The molecule has 2 aromatic rings. The maximum atomic E-state index is 12.0. The molecule has 0 saturated heterocycles. The first-order chi connectivity index (χ1) is 12.8. The minimum atomic E-state index is -1.11. The van der Waals surface area contributed by atoms with Crippen LogP contribution in [0.1, 0.15) is 30.4 Å². The highest BCUT2D eigenvalue weighted by atomic mass is 35.5. The van der Waals surface area contributed by atoms with Crippen molar-refractivity contribution in [2.45, 2.75) is 24.9 Å². The third kappa shape index (κ3) is 4.70. The number of aliphatic hydroxyl groups is 1. The zero-order chi connectivity index (χ0) is 19.6. The number of hydrogen-bond donors (Lipinski definition) is 1. The molecule has 2 atom stereocenters. The summed E-state index contributed by atoms with van der Waals surface area (Å²) < 4.78 is 0. The van der Waals surface area contributed by atoms with Gasteiger partial charge in [-0.15, -0.1) is 0 Å². The Morgan fingerprint density at radius 1 is 1.04 bits per heavy atom. The summed E-state index contributed by atoms with van der Waals surface area (Å²) in [6.45, 7) is 0.776. The van der Waals surface area contributed by atoms with E-state index in [9.17, 15) is 5.11 Å². The van der Waals surface area contributed by atoms with Crippen molar-refractivity contribution in [3.05, 3.63) is 74.2 Å². The standard InChI is InChI=1S/C22H24Cl3NO/c1-26(2)14-17-5-3-4-16(10-15-6-8-19(23)9-7-15)22(17,27)18-11-20(24)13-21(25)12-18/h6-13,17,27H,3-5,14H2,1-2H3/b16-10-. The van der Waals surface area contributed by atoms with Gasteiger partial charge in [-0.05, 0) is 80.4 Å². The highest BCUT2D eigenvalue weighted by Crippen LogP contribution is 2.47. The Morgan fingerprint density at radius 2 is 1.67 bits per heavy atom. The molecule has 0 heterocycles. The van der Waals surface area contributed by atoms with Gasteiger partial charge in [0.25, 0.3) is 0 Å². The Kier molecular flexibility index (Phi) is 6.55. The van der Waals surface area contributed by atoms with Gasteiger partial charge < -0.3 is 10.0 Å². The van der Waals surface area contributed by atoms with E-state index in [-0.39, 0.29) is 5.92 Å². The normalized spacial score (nSPS) is 24.6. The molecule has 1 saturated carbocycles. The van der Waals surface area contributed by atoms with Gasteiger partial charge in [-0.2, -0.15) is 0 Å². The van der Waals surface area contributed by atoms with Crippen molar-refractivity contribution in [3.8, 4) is 0 Å². The largest absolute Gasteiger partial charge is 0.380 e. The summed E-state index contributed by atoms with van der Waals surface area (Å²) >= 11 is 18.6. The SMILES string of the molecule is CN(C)CC1CCC/C(=C/c2ccc(Cl)cc2)C1(O)c1cc(Cl)cc(Cl)c1. The van der Waals surface area contributed by atoms with Crippen LogP contribution in [0, 0.1) is 5.92 Å². The first-order valence-electron chi connectivity index (χ1n) is 9.09. The van der Waals surface area contributed by atoms with Gasteiger partial charge in [-0.25, -0.2) is 0 Å². The molecule has 3 rings (SSSR count). The number of nitrogens with zero attached hydrogens (tertiary/aromatic N) is 1. The molecule has 2 nitrogen and oxygen atoms in total. The zero-order valence-electron chi connectivity index (χ0n) is 15.6. The van der Waals surface area contributed by atoms with Gasteiger partial charge in [0.2, 0.25) is 0 Å². The molecular formula is C22H24Cl3NO. The minimum absolute atomic E-state index is 0.0503. The molecule has 2 unspecified atom stereocenters. The highest BCUT2D eigenvalue weighted by molar-refractivity contribution is 6.34. The molecule has 0 aromatic heterocycles. The molecule has 5 heteroatoms. The second kappa shape index (κ2) is 8.55. The van der Waals surface area contributed by atoms with Crippen LogP contribution in [0.4, 0.5) is 0 Å². The van der Waals surface area contributed by atoms with E-state index >= 15 is 0 Å². The van der Waals surface area contributed by atoms with Crippen LogP contribution in [0.25, 0.3) is 6.08 Å². The maximum Gasteiger partial charge on any atom is 0.115 e. The second-order valence-corrected chi connectivity index (χ2v) is 8.81. The van der Waals surface area contributed by atoms with Crippen molar-refractivity contribution in [3.63, 3.8) is 0 Å². The molecule has 1 N–H and O–H groups in total. The van der Waals surface area contributed by atoms with Crippen LogP contribution in [0.15, 0.2) is 48.0 Å². The van der Waals surface area contributed by atoms with Crippen LogP contribution in [0.3, 0.4) is 0 Å². The van der Waals surface area contributed by atoms with E-state index in [0.717, 1.165) is 42.5 Å². The molecule has 0 spiro atoms. The molecule has 1 fully saturated rings. The summed E-state index contributed by atoms with van der Waals surface area (Å²) in [5, 5.41) is 13.8. The van der Waals surface area contributed by atoms with Crippen LogP contribution in [0.2, 0.25) is 15.1 Å². The van der Waals surface area contributed by atoms with Gasteiger partial charge in [0, 0.05) is 27.5 Å². The van der Waals surface area contributed by atoms with Gasteiger partial charge >= 0.3 is 0 Å². The van der Waals surface area contributed by atoms with E-state index in [1.54, 1.807) is 6.07 Å². The molecular weight excluding hydrogens is 401 g/mol. The number of benzene rings is 2. The van der Waals surface area contributed by atoms with E-state index < -0.39 is 5.60 Å². The lowest BCUT2D eigenvalue weighted by atomic mass is 9.67. The Balaban J connectivity index is 2.13. The van der Waals surface area contributed by atoms with Crippen molar-refractivity contribution >= 4 is 40.9 Å². The third-order valence-corrected chi connectivity index (χ3v) is 5.87. The second-order valence-electron chi connectivity index (χ2n) is 7.50. The average molecular weight is 425 g/mol. The van der Waals surface area contributed by atoms with Crippen LogP contribution >= 0.6 is 34.8 Å². The smallest absolute Gasteiger partial charge is 0.115 e. The molecule has 0 bridgehead atoms. The van der Waals surface area contributed by atoms with Crippen molar-refractivity contribution in [2.75, 3.05) is 20.6 Å². The van der Waals surface area contributed by atoms with Crippen molar-refractivity contribution in [1.82, 2.24) is 4.90 Å². The van der Waals surface area contributed by atoms with Crippen molar-refractivity contribution in [1.29, 1.82) is 0 Å². The van der Waals surface area contributed by atoms with Gasteiger partial charge in [-0.3, -0.25) is 0 Å². The van der Waals surface area contributed by atoms with Crippen LogP contribution < -0.4 is 0 Å². The lowest BCUT2D eigenvalue weighted by Crippen LogP contribution is -2.44. The summed E-state index contributed by atoms with van der Waals surface area (Å²) in [6.07, 6.45) is 4.88. The molecule has 0 aliphatic heterocycles. The molecule has 144 valence electrons. The highest BCUT2D eigenvalue weighted by Gasteiger charge is 2.44. The van der Waals surface area contributed by atoms with E-state index in [4.69, 9.17) is 34.8 Å². The lowest BCUT2D eigenvalue weighted by molar-refractivity contribution is -0.0174. The Bertz CT molecular complexity index is 812. The molecule has 1 aliphatic carbocycles. The topological polar surface area (TPSA) is 23.5 Å². The van der Waals surface area contributed by atoms with Gasteiger partial charge in [0.15, 0.2) is 0 Å². The fraction of sp³-hybridized carbons (Fsp3) is 0.364.